The first-order valence-corrected chi connectivity index (χ1v) is 10.3. The van der Waals surface area contributed by atoms with Gasteiger partial charge in [-0.05, 0) is 6.07 Å². The van der Waals surface area contributed by atoms with Gasteiger partial charge >= 0.3 is 12.1 Å². The van der Waals surface area contributed by atoms with Gasteiger partial charge in [0, 0.05) is 25.6 Å². The highest BCUT2D eigenvalue weighted by molar-refractivity contribution is 7.91. The maximum Gasteiger partial charge on any atom is 0.417 e. The second-order valence-electron chi connectivity index (χ2n) is 6.56. The number of halogens is 3. The quantitative estimate of drug-likeness (QED) is 0.496. The first-order chi connectivity index (χ1) is 14.4. The molecule has 10 nitrogen and oxygen atoms in total. The van der Waals surface area contributed by atoms with E-state index in [2.05, 4.69) is 20.1 Å². The molecule has 31 heavy (non-hydrogen) atoms. The van der Waals surface area contributed by atoms with Crippen LogP contribution in [0.5, 0.6) is 0 Å². The Morgan fingerprint density at radius 2 is 1.87 bits per heavy atom. The molecule has 0 aromatic carbocycles. The Balaban J connectivity index is 2.07. The minimum atomic E-state index is -4.63. The minimum Gasteiger partial charge on any atom is -0.478 e. The van der Waals surface area contributed by atoms with Crippen molar-refractivity contribution in [1.29, 1.82) is 0 Å². The molecule has 0 aliphatic heterocycles. The molecule has 0 fully saturated rings. The van der Waals surface area contributed by atoms with Crippen LogP contribution in [0, 0.1) is 0 Å². The molecule has 0 saturated carbocycles. The fourth-order valence-electron chi connectivity index (χ4n) is 3.03. The zero-order valence-electron chi connectivity index (χ0n) is 15.9. The van der Waals surface area contributed by atoms with Gasteiger partial charge in [-0.25, -0.2) is 32.7 Å². The Morgan fingerprint density at radius 1 is 1.19 bits per heavy atom. The topological polar surface area (TPSA) is 132 Å². The van der Waals surface area contributed by atoms with Crippen LogP contribution in [0.4, 0.5) is 13.2 Å². The Morgan fingerprint density at radius 3 is 2.48 bits per heavy atom. The standard InChI is InChI=1S/C17H13F3N6O4S/c1-3-31(29,30)15-11(13-21-5-8(16(27)28)7-26(13)24-15)14-23-10-4-9(17(18,19)20)6-22-12(10)25(14)2/h4-7H,3H2,1-2H3,(H,27,28). The summed E-state index contributed by atoms with van der Waals surface area (Å²) in [6, 6.07) is 0.807. The van der Waals surface area contributed by atoms with Crippen LogP contribution in [0.3, 0.4) is 0 Å². The van der Waals surface area contributed by atoms with Crippen molar-refractivity contribution in [3.8, 4) is 11.4 Å². The highest BCUT2D eigenvalue weighted by Gasteiger charge is 2.33. The summed E-state index contributed by atoms with van der Waals surface area (Å²) in [6.45, 7) is 1.39. The molecule has 4 rings (SSSR count). The minimum absolute atomic E-state index is 0.0218. The number of aryl methyl sites for hydroxylation is 1. The number of hydrogen-bond acceptors (Lipinski definition) is 7. The number of rotatable bonds is 4. The van der Waals surface area contributed by atoms with Gasteiger partial charge in [0.25, 0.3) is 0 Å². The molecule has 0 radical (unpaired) electrons. The number of nitrogens with zero attached hydrogens (tertiary/aromatic N) is 6. The third-order valence-electron chi connectivity index (χ3n) is 4.62. The number of hydrogen-bond donors (Lipinski definition) is 1. The van der Waals surface area contributed by atoms with E-state index >= 15 is 0 Å². The SMILES string of the molecule is CCS(=O)(=O)c1nn2cc(C(=O)O)cnc2c1-c1nc2cc(C(F)(F)F)cnc2n1C. The predicted molar refractivity (Wildman–Crippen MR) is 100 cm³/mol. The Bertz CT molecular complexity index is 1470. The zero-order valence-corrected chi connectivity index (χ0v) is 16.7. The average Bonchev–Trinajstić information content (AvgIpc) is 3.24. The Labute approximate surface area is 171 Å². The largest absolute Gasteiger partial charge is 0.478 e. The van der Waals surface area contributed by atoms with Crippen molar-refractivity contribution < 1.29 is 31.5 Å². The number of sulfone groups is 1. The number of aromatic nitrogens is 6. The van der Waals surface area contributed by atoms with E-state index in [4.69, 9.17) is 5.11 Å². The summed E-state index contributed by atoms with van der Waals surface area (Å²) < 4.78 is 66.8. The number of carbonyl (C=O) groups is 1. The second kappa shape index (κ2) is 6.73. The van der Waals surface area contributed by atoms with E-state index in [-0.39, 0.29) is 39.5 Å². The molecule has 1 N–H and O–H groups in total. The third-order valence-corrected chi connectivity index (χ3v) is 6.26. The van der Waals surface area contributed by atoms with E-state index < -0.39 is 32.6 Å². The number of fused-ring (bicyclic) bond motifs is 2. The fraction of sp³-hybridized carbons (Fsp3) is 0.235. The van der Waals surface area contributed by atoms with Gasteiger partial charge in [0.05, 0.1) is 16.9 Å². The summed E-state index contributed by atoms with van der Waals surface area (Å²) in [6.07, 6.45) is -1.86. The lowest BCUT2D eigenvalue weighted by molar-refractivity contribution is -0.137. The summed E-state index contributed by atoms with van der Waals surface area (Å²) in [4.78, 5) is 23.2. The predicted octanol–water partition coefficient (Wildman–Crippen LogP) is 2.19. The lowest BCUT2D eigenvalue weighted by Gasteiger charge is -2.05. The molecule has 0 atom stereocenters. The van der Waals surface area contributed by atoms with Gasteiger partial charge in [-0.15, -0.1) is 0 Å². The monoisotopic (exact) mass is 454 g/mol. The smallest absolute Gasteiger partial charge is 0.417 e. The van der Waals surface area contributed by atoms with Crippen molar-refractivity contribution in [1.82, 2.24) is 29.1 Å². The molecule has 0 unspecified atom stereocenters. The second-order valence-corrected chi connectivity index (χ2v) is 8.75. The lowest BCUT2D eigenvalue weighted by Crippen LogP contribution is -2.07. The normalized spacial score (nSPS) is 12.7. The third kappa shape index (κ3) is 3.28. The van der Waals surface area contributed by atoms with E-state index in [0.717, 1.165) is 23.0 Å². The number of alkyl halides is 3. The summed E-state index contributed by atoms with van der Waals surface area (Å²) in [5.74, 6) is -1.65. The van der Waals surface area contributed by atoms with Gasteiger partial charge in [0.2, 0.25) is 0 Å². The van der Waals surface area contributed by atoms with Gasteiger partial charge in [0.15, 0.2) is 26.2 Å². The molecular weight excluding hydrogens is 441 g/mol. The number of aromatic carboxylic acids is 1. The van der Waals surface area contributed by atoms with Crippen molar-refractivity contribution in [2.45, 2.75) is 18.1 Å². The van der Waals surface area contributed by atoms with Crippen LogP contribution in [0.25, 0.3) is 28.2 Å². The van der Waals surface area contributed by atoms with Crippen LogP contribution in [0.2, 0.25) is 0 Å². The highest BCUT2D eigenvalue weighted by Crippen LogP contribution is 2.34. The molecule has 4 aromatic rings. The Kier molecular flexibility index (Phi) is 4.50. The number of carboxylic acids is 1. The van der Waals surface area contributed by atoms with Crippen LogP contribution in [0.15, 0.2) is 29.7 Å². The number of imidazole rings is 1. The van der Waals surface area contributed by atoms with Crippen molar-refractivity contribution in [3.05, 3.63) is 35.8 Å². The molecule has 4 heterocycles. The highest BCUT2D eigenvalue weighted by atomic mass is 32.2. The summed E-state index contributed by atoms with van der Waals surface area (Å²) in [7, 11) is -2.47. The molecule has 0 saturated heterocycles. The fourth-order valence-corrected chi connectivity index (χ4v) is 4.01. The van der Waals surface area contributed by atoms with E-state index in [1.807, 2.05) is 0 Å². The van der Waals surface area contributed by atoms with Gasteiger partial charge in [-0.3, -0.25) is 0 Å². The number of pyridine rings is 1. The van der Waals surface area contributed by atoms with Gasteiger partial charge in [-0.2, -0.15) is 18.3 Å². The van der Waals surface area contributed by atoms with Crippen molar-refractivity contribution >= 4 is 32.6 Å². The van der Waals surface area contributed by atoms with Crippen LogP contribution >= 0.6 is 0 Å². The Hall–Kier alpha value is -3.55. The van der Waals surface area contributed by atoms with Crippen molar-refractivity contribution in [3.63, 3.8) is 0 Å². The summed E-state index contributed by atoms with van der Waals surface area (Å²) >= 11 is 0. The van der Waals surface area contributed by atoms with E-state index in [1.54, 1.807) is 0 Å². The molecule has 0 aliphatic carbocycles. The molecule has 162 valence electrons. The van der Waals surface area contributed by atoms with Crippen LogP contribution in [0.1, 0.15) is 22.8 Å². The molecule has 0 bridgehead atoms. The van der Waals surface area contributed by atoms with Crippen molar-refractivity contribution in [2.75, 3.05) is 5.75 Å². The van der Waals surface area contributed by atoms with E-state index in [9.17, 15) is 26.4 Å². The molecule has 4 aromatic heterocycles. The molecule has 14 heteroatoms. The van der Waals surface area contributed by atoms with Crippen LogP contribution in [-0.2, 0) is 23.1 Å². The van der Waals surface area contributed by atoms with Crippen molar-refractivity contribution in [2.24, 2.45) is 7.05 Å². The van der Waals surface area contributed by atoms with E-state index in [0.29, 0.717) is 6.20 Å². The average molecular weight is 454 g/mol. The molecule has 0 spiro atoms. The van der Waals surface area contributed by atoms with Crippen LogP contribution < -0.4 is 0 Å². The number of carboxylic acid groups (broad SMARTS) is 1. The molecule has 0 aliphatic rings. The lowest BCUT2D eigenvalue weighted by atomic mass is 10.2. The summed E-state index contributed by atoms with van der Waals surface area (Å²) in [5.41, 5.74) is -1.34. The maximum absolute atomic E-state index is 13.0. The first kappa shape index (κ1) is 20.7. The van der Waals surface area contributed by atoms with E-state index in [1.165, 1.54) is 18.5 Å². The molecule has 0 amide bonds. The van der Waals surface area contributed by atoms with Crippen LogP contribution in [-0.4, -0.2) is 54.4 Å². The van der Waals surface area contributed by atoms with Gasteiger partial charge in [0.1, 0.15) is 16.9 Å². The van der Waals surface area contributed by atoms with Gasteiger partial charge in [-0.1, -0.05) is 6.92 Å². The first-order valence-electron chi connectivity index (χ1n) is 8.68. The zero-order chi connectivity index (χ0) is 22.7. The molecular formula is C17H13F3N6O4S. The maximum atomic E-state index is 13.0. The van der Waals surface area contributed by atoms with Gasteiger partial charge < -0.3 is 9.67 Å². The summed E-state index contributed by atoms with van der Waals surface area (Å²) in [5, 5.41) is 12.7.